The highest BCUT2D eigenvalue weighted by Gasteiger charge is 2.39. The molecule has 7 nitrogen and oxygen atoms in total. The summed E-state index contributed by atoms with van der Waals surface area (Å²) in [5.41, 5.74) is 0. The van der Waals surface area contributed by atoms with E-state index in [0.29, 0.717) is 12.1 Å². The Morgan fingerprint density at radius 3 is 0.500 bits per heavy atom. The standard InChI is InChI=1S/C97H204N6O/c1-14-18-22-26-30-34-38-42-46-50-53-57-61-65-69-73-77-81-85-89-100(6,7)92-98(93-101(8,9)90-86-82-78-74-70-66-62-58-54-51-47-43-39-35-31-27-23-19-15-2)97(104)99(94-102(10,11)91-87-83-79-75-71-67-63-59-55-52-48-44-40-36-32-28-24-20-16-3)95-103(12,13)96(5)88-84-80-76-72-68-64-60-56-49-45-41-37-33-29-25-21-17-4/h96H,14-95H2,1-13H3/q+4. The van der Waals surface area contributed by atoms with Crippen molar-refractivity contribution in [1.29, 1.82) is 0 Å². The number of quaternary nitrogens is 4. The number of carbonyl (C=O) groups is 1. The summed E-state index contributed by atoms with van der Waals surface area (Å²) in [5.74, 6) is 0. The molecule has 0 aromatic rings. The monoisotopic (exact) mass is 1470 g/mol. The average Bonchev–Trinajstić information content (AvgIpc) is 0.813. The Morgan fingerprint density at radius 1 is 0.202 bits per heavy atom. The van der Waals surface area contributed by atoms with Crippen LogP contribution in [-0.4, -0.2) is 142 Å². The highest BCUT2D eigenvalue weighted by molar-refractivity contribution is 5.73. The van der Waals surface area contributed by atoms with Crippen LogP contribution in [0.1, 0.15) is 516 Å². The topological polar surface area (TPSA) is 23.6 Å². The summed E-state index contributed by atoms with van der Waals surface area (Å²) in [6.45, 7) is 18.3. The van der Waals surface area contributed by atoms with Crippen molar-refractivity contribution >= 4 is 6.03 Å². The van der Waals surface area contributed by atoms with Crippen LogP contribution < -0.4 is 0 Å². The van der Waals surface area contributed by atoms with Crippen molar-refractivity contribution in [2.75, 3.05) is 103 Å². The van der Waals surface area contributed by atoms with Crippen LogP contribution in [0.3, 0.4) is 0 Å². The maximum atomic E-state index is 16.1. The van der Waals surface area contributed by atoms with Gasteiger partial charge in [0.1, 0.15) is 0 Å². The van der Waals surface area contributed by atoms with Crippen LogP contribution >= 0.6 is 0 Å². The van der Waals surface area contributed by atoms with Crippen LogP contribution in [0.25, 0.3) is 0 Å². The van der Waals surface area contributed by atoms with Gasteiger partial charge >= 0.3 is 6.03 Å². The molecule has 2 amide bonds. The number of nitrogens with zero attached hydrogens (tertiary/aromatic N) is 6. The molecule has 624 valence electrons. The minimum absolute atomic E-state index is 0.291. The molecule has 0 spiro atoms. The largest absolute Gasteiger partial charge is 0.337 e. The van der Waals surface area contributed by atoms with E-state index >= 15 is 4.79 Å². The van der Waals surface area contributed by atoms with Gasteiger partial charge in [-0.15, -0.1) is 0 Å². The van der Waals surface area contributed by atoms with Crippen molar-refractivity contribution in [2.45, 2.75) is 522 Å². The zero-order chi connectivity index (χ0) is 76.3. The zero-order valence-corrected chi connectivity index (χ0v) is 75.2. The van der Waals surface area contributed by atoms with Gasteiger partial charge in [-0.2, -0.15) is 0 Å². The van der Waals surface area contributed by atoms with Crippen LogP contribution in [0.5, 0.6) is 0 Å². The first kappa shape index (κ1) is 103. The average molecular weight is 1470 g/mol. The van der Waals surface area contributed by atoms with Crippen molar-refractivity contribution in [1.82, 2.24) is 9.80 Å². The van der Waals surface area contributed by atoms with Gasteiger partial charge in [0.25, 0.3) is 0 Å². The van der Waals surface area contributed by atoms with Gasteiger partial charge in [0, 0.05) is 0 Å². The smallest absolute Gasteiger partial charge is 0.311 e. The number of urea groups is 1. The van der Waals surface area contributed by atoms with Crippen molar-refractivity contribution in [3.8, 4) is 0 Å². The van der Waals surface area contributed by atoms with Crippen molar-refractivity contribution in [3.05, 3.63) is 0 Å². The van der Waals surface area contributed by atoms with Gasteiger partial charge in [-0.3, -0.25) is 0 Å². The van der Waals surface area contributed by atoms with Gasteiger partial charge in [-0.05, 0) is 58.3 Å². The second-order valence-electron chi connectivity index (χ2n) is 38.1. The molecule has 0 saturated carbocycles. The highest BCUT2D eigenvalue weighted by Crippen LogP contribution is 2.25. The summed E-state index contributed by atoms with van der Waals surface area (Å²) in [5, 5.41) is 0. The summed E-state index contributed by atoms with van der Waals surface area (Å²) in [7, 11) is 19.6. The third-order valence-corrected chi connectivity index (χ3v) is 24.8. The Bertz CT molecular complexity index is 1640. The van der Waals surface area contributed by atoms with E-state index in [1.807, 2.05) is 0 Å². The molecule has 1 unspecified atom stereocenters. The van der Waals surface area contributed by atoms with Gasteiger partial charge in [0.2, 0.25) is 0 Å². The third-order valence-electron chi connectivity index (χ3n) is 24.8. The molecule has 0 aromatic carbocycles. The first-order chi connectivity index (χ1) is 50.5. The predicted octanol–water partition coefficient (Wildman–Crippen LogP) is 31.6. The number of carbonyl (C=O) groups excluding carboxylic acids is 1. The van der Waals surface area contributed by atoms with E-state index in [2.05, 4.69) is 101 Å². The van der Waals surface area contributed by atoms with Crippen molar-refractivity contribution < 1.29 is 22.7 Å². The molecule has 0 bridgehead atoms. The molecule has 0 aliphatic carbocycles. The summed E-state index contributed by atoms with van der Waals surface area (Å²) >= 11 is 0. The number of amides is 2. The zero-order valence-electron chi connectivity index (χ0n) is 75.2. The molecule has 0 aromatic heterocycles. The van der Waals surface area contributed by atoms with Crippen molar-refractivity contribution in [3.63, 3.8) is 0 Å². The van der Waals surface area contributed by atoms with Gasteiger partial charge in [-0.25, -0.2) is 14.6 Å². The second kappa shape index (κ2) is 76.1. The second-order valence-corrected chi connectivity index (χ2v) is 38.1. The summed E-state index contributed by atoms with van der Waals surface area (Å²) in [6.07, 6.45) is 106. The van der Waals surface area contributed by atoms with Crippen LogP contribution in [0.2, 0.25) is 0 Å². The predicted molar refractivity (Wildman–Crippen MR) is 470 cm³/mol. The number of hydrogen-bond donors (Lipinski definition) is 0. The van der Waals surface area contributed by atoms with Gasteiger partial charge in [-0.1, -0.05) is 458 Å². The van der Waals surface area contributed by atoms with Crippen molar-refractivity contribution in [2.24, 2.45) is 0 Å². The molecule has 0 saturated heterocycles. The number of rotatable bonds is 87. The van der Waals surface area contributed by atoms with E-state index in [1.165, 1.54) is 482 Å². The lowest BCUT2D eigenvalue weighted by Gasteiger charge is -2.45. The van der Waals surface area contributed by atoms with E-state index in [-0.39, 0.29) is 0 Å². The fourth-order valence-electron chi connectivity index (χ4n) is 17.1. The minimum atomic E-state index is 0.291. The quantitative estimate of drug-likeness (QED) is 0.0338. The summed E-state index contributed by atoms with van der Waals surface area (Å²) in [6, 6.07) is 0.785. The molecule has 0 aliphatic heterocycles. The number of hydrogen-bond acceptors (Lipinski definition) is 1. The lowest BCUT2D eigenvalue weighted by Crippen LogP contribution is -2.65. The molecule has 104 heavy (non-hydrogen) atoms. The lowest BCUT2D eigenvalue weighted by atomic mass is 10.0. The maximum absolute atomic E-state index is 16.1. The molecule has 0 aliphatic rings. The maximum Gasteiger partial charge on any atom is 0.337 e. The lowest BCUT2D eigenvalue weighted by molar-refractivity contribution is -0.939. The molecule has 0 N–H and O–H groups in total. The molecule has 1 atom stereocenters. The molecule has 0 heterocycles. The first-order valence-corrected chi connectivity index (χ1v) is 48.8. The Hall–Kier alpha value is -0.890. The fraction of sp³-hybridized carbons (Fsp3) is 0.990. The molecular weight excluding hydrogens is 1270 g/mol. The fourth-order valence-corrected chi connectivity index (χ4v) is 17.1. The van der Waals surface area contributed by atoms with Gasteiger partial charge in [0.05, 0.1) is 82.1 Å². The summed E-state index contributed by atoms with van der Waals surface area (Å²) in [4.78, 5) is 20.8. The van der Waals surface area contributed by atoms with Gasteiger partial charge in [0.15, 0.2) is 26.7 Å². The minimum Gasteiger partial charge on any atom is -0.311 e. The molecule has 0 fully saturated rings. The normalized spacial score (nSPS) is 12.7. The van der Waals surface area contributed by atoms with E-state index < -0.39 is 0 Å². The van der Waals surface area contributed by atoms with Crippen LogP contribution in [0.4, 0.5) is 4.79 Å². The molecular formula is C97H204N6O+4. The van der Waals surface area contributed by atoms with Gasteiger partial charge < -0.3 is 17.9 Å². The van der Waals surface area contributed by atoms with Crippen LogP contribution in [-0.2, 0) is 0 Å². The third kappa shape index (κ3) is 72.6. The van der Waals surface area contributed by atoms with Crippen LogP contribution in [0, 0.1) is 0 Å². The van der Waals surface area contributed by atoms with E-state index in [1.54, 1.807) is 0 Å². The molecule has 0 radical (unpaired) electrons. The Kier molecular flexibility index (Phi) is 75.5. The Labute approximate surface area is 659 Å². The van der Waals surface area contributed by atoms with E-state index in [0.717, 1.165) is 64.2 Å². The van der Waals surface area contributed by atoms with Crippen LogP contribution in [0.15, 0.2) is 0 Å². The molecule has 7 heteroatoms. The molecule has 0 rings (SSSR count). The first-order valence-electron chi connectivity index (χ1n) is 48.8. The Morgan fingerprint density at radius 2 is 0.337 bits per heavy atom. The van der Waals surface area contributed by atoms with E-state index in [9.17, 15) is 0 Å². The number of unbranched alkanes of at least 4 members (excludes halogenated alkanes) is 70. The Balaban J connectivity index is 5.87. The SMILES string of the molecule is CCCCCCCCCCCCCCCCCCCCC[N+](C)(C)CN(C[N+](C)(C)CCCCCCCCCCCCCCCCCCCCC)C(=O)N(C[N+](C)(C)CCCCCCCCCCCCCCCCCCCCC)C[N+](C)(C)C(C)CCCCCCCCCCCCCCCCCCC. The highest BCUT2D eigenvalue weighted by atomic mass is 16.2. The van der Waals surface area contributed by atoms with E-state index in [4.69, 9.17) is 0 Å². The summed E-state index contributed by atoms with van der Waals surface area (Å²) < 4.78 is 3.50.